The number of fused-ring (bicyclic) bond motifs is 1. The van der Waals surface area contributed by atoms with Crippen LogP contribution in [0.5, 0.6) is 0 Å². The van der Waals surface area contributed by atoms with Gasteiger partial charge in [0.15, 0.2) is 0 Å². The number of hydrogen-bond acceptors (Lipinski definition) is 4. The van der Waals surface area contributed by atoms with Crippen LogP contribution in [0.25, 0.3) is 11.0 Å². The Balaban J connectivity index is 1.43. The minimum Gasteiger partial charge on any atom is -0.353 e. The molecule has 2 aromatic carbocycles. The number of benzene rings is 2. The molecule has 1 aliphatic rings. The molecular weight excluding hydrogens is 421 g/mol. The molecule has 162 valence electrons. The Labute approximate surface area is 184 Å². The van der Waals surface area contributed by atoms with Gasteiger partial charge in [0.25, 0.3) is 0 Å². The van der Waals surface area contributed by atoms with Crippen molar-refractivity contribution in [2.24, 2.45) is 0 Å². The maximum atomic E-state index is 13.5. The molecule has 9 heteroatoms. The molecule has 2 amide bonds. The lowest BCUT2D eigenvalue weighted by molar-refractivity contribution is -0.138. The molecule has 1 atom stereocenters. The minimum absolute atomic E-state index is 0.0315. The summed E-state index contributed by atoms with van der Waals surface area (Å²) in [5, 5.41) is 3.43. The number of rotatable bonds is 6. The van der Waals surface area contributed by atoms with Crippen LogP contribution in [0, 0.1) is 5.82 Å². The van der Waals surface area contributed by atoms with Crippen molar-refractivity contribution in [1.82, 2.24) is 25.1 Å². The average Bonchev–Trinajstić information content (AvgIpc) is 3.11. The number of aromatic amines is 1. The van der Waals surface area contributed by atoms with Crippen molar-refractivity contribution < 1.29 is 14.0 Å². The molecule has 2 N–H and O–H groups in total. The van der Waals surface area contributed by atoms with E-state index in [-0.39, 0.29) is 30.6 Å². The van der Waals surface area contributed by atoms with E-state index in [0.717, 1.165) is 16.6 Å². The fourth-order valence-corrected chi connectivity index (χ4v) is 3.96. The first-order valence-electron chi connectivity index (χ1n) is 10.0. The Hall–Kier alpha value is -2.97. The summed E-state index contributed by atoms with van der Waals surface area (Å²) < 4.78 is 13.5. The number of imidazole rings is 1. The third kappa shape index (κ3) is 5.03. The number of nitrogens with one attached hydrogen (secondary N) is 2. The first kappa shape index (κ1) is 21.3. The van der Waals surface area contributed by atoms with Crippen LogP contribution >= 0.6 is 11.6 Å². The van der Waals surface area contributed by atoms with Gasteiger partial charge in [0.2, 0.25) is 11.8 Å². The summed E-state index contributed by atoms with van der Waals surface area (Å²) in [5.74, 6) is -0.0520. The lowest BCUT2D eigenvalue weighted by atomic mass is 10.1. The second kappa shape index (κ2) is 9.03. The number of nitrogens with zero attached hydrogens (tertiary/aromatic N) is 3. The molecule has 0 saturated carbocycles. The molecule has 1 aliphatic heterocycles. The van der Waals surface area contributed by atoms with Gasteiger partial charge in [-0.2, -0.15) is 0 Å². The summed E-state index contributed by atoms with van der Waals surface area (Å²) in [6, 6.07) is 11.0. The molecule has 1 unspecified atom stereocenters. The minimum atomic E-state index is -0.610. The zero-order valence-corrected chi connectivity index (χ0v) is 17.8. The molecule has 0 bridgehead atoms. The molecule has 1 saturated heterocycles. The van der Waals surface area contributed by atoms with Crippen LogP contribution in [0.2, 0.25) is 5.02 Å². The molecule has 4 rings (SSSR count). The third-order valence-corrected chi connectivity index (χ3v) is 5.63. The highest BCUT2D eigenvalue weighted by atomic mass is 35.5. The molecule has 0 aliphatic carbocycles. The lowest BCUT2D eigenvalue weighted by Crippen LogP contribution is -2.56. The summed E-state index contributed by atoms with van der Waals surface area (Å²) in [6.07, 6.45) is 0.0315. The molecule has 7 nitrogen and oxygen atoms in total. The van der Waals surface area contributed by atoms with Crippen molar-refractivity contribution in [3.05, 3.63) is 64.7 Å². The van der Waals surface area contributed by atoms with Gasteiger partial charge in [-0.1, -0.05) is 23.7 Å². The molecule has 1 aromatic heterocycles. The average molecular weight is 444 g/mol. The maximum absolute atomic E-state index is 13.5. The third-order valence-electron chi connectivity index (χ3n) is 5.39. The maximum Gasteiger partial charge on any atom is 0.237 e. The largest absolute Gasteiger partial charge is 0.353 e. The zero-order valence-electron chi connectivity index (χ0n) is 17.1. The zero-order chi connectivity index (χ0) is 22.0. The normalized spacial score (nSPS) is 17.0. The number of aromatic nitrogens is 2. The van der Waals surface area contributed by atoms with E-state index in [4.69, 9.17) is 11.6 Å². The Kier molecular flexibility index (Phi) is 6.20. The van der Waals surface area contributed by atoms with Gasteiger partial charge in [-0.25, -0.2) is 9.37 Å². The molecule has 0 spiro atoms. The highest BCUT2D eigenvalue weighted by molar-refractivity contribution is 6.31. The molecule has 2 heterocycles. The SMILES string of the molecule is CN(Cc1nc2ccc(Cl)cc2[nH]1)C(=O)CC1C(=O)NCCN1Cc1cccc(F)c1. The topological polar surface area (TPSA) is 81.3 Å². The van der Waals surface area contributed by atoms with E-state index in [9.17, 15) is 14.0 Å². The van der Waals surface area contributed by atoms with Gasteiger partial charge in [0.05, 0.1) is 30.0 Å². The van der Waals surface area contributed by atoms with Gasteiger partial charge in [0, 0.05) is 31.7 Å². The van der Waals surface area contributed by atoms with Gasteiger partial charge < -0.3 is 15.2 Å². The molecule has 1 fully saturated rings. The van der Waals surface area contributed by atoms with Crippen molar-refractivity contribution in [1.29, 1.82) is 0 Å². The highest BCUT2D eigenvalue weighted by Gasteiger charge is 2.32. The molecule has 31 heavy (non-hydrogen) atoms. The van der Waals surface area contributed by atoms with Gasteiger partial charge >= 0.3 is 0 Å². The standard InChI is InChI=1S/C22H23ClFN5O2/c1-28(13-20-26-17-6-5-15(23)10-18(17)27-20)21(30)11-19-22(31)25-7-8-29(19)12-14-3-2-4-16(24)9-14/h2-6,9-10,19H,7-8,11-13H2,1H3,(H,25,31)(H,26,27). The summed E-state index contributed by atoms with van der Waals surface area (Å²) in [4.78, 5) is 36.5. The predicted molar refractivity (Wildman–Crippen MR) is 116 cm³/mol. The Morgan fingerprint density at radius 2 is 2.16 bits per heavy atom. The molecule has 3 aromatic rings. The number of carbonyl (C=O) groups excluding carboxylic acids is 2. The van der Waals surface area contributed by atoms with Crippen molar-refractivity contribution in [3.8, 4) is 0 Å². The summed E-state index contributed by atoms with van der Waals surface area (Å²) >= 11 is 6.01. The highest BCUT2D eigenvalue weighted by Crippen LogP contribution is 2.19. The van der Waals surface area contributed by atoms with E-state index < -0.39 is 6.04 Å². The van der Waals surface area contributed by atoms with Crippen molar-refractivity contribution in [3.63, 3.8) is 0 Å². The fourth-order valence-electron chi connectivity index (χ4n) is 3.79. The van der Waals surface area contributed by atoms with Crippen molar-refractivity contribution >= 4 is 34.4 Å². The van der Waals surface area contributed by atoms with Crippen LogP contribution in [0.1, 0.15) is 17.8 Å². The van der Waals surface area contributed by atoms with Crippen LogP contribution in [-0.4, -0.2) is 57.8 Å². The van der Waals surface area contributed by atoms with Gasteiger partial charge in [0.1, 0.15) is 11.6 Å². The van der Waals surface area contributed by atoms with Crippen molar-refractivity contribution in [2.45, 2.75) is 25.6 Å². The molecular formula is C22H23ClFN5O2. The monoisotopic (exact) mass is 443 g/mol. The van der Waals surface area contributed by atoms with E-state index in [2.05, 4.69) is 15.3 Å². The van der Waals surface area contributed by atoms with Gasteiger partial charge in [-0.15, -0.1) is 0 Å². The van der Waals surface area contributed by atoms with Crippen LogP contribution in [-0.2, 0) is 22.7 Å². The summed E-state index contributed by atoms with van der Waals surface area (Å²) in [7, 11) is 1.68. The Morgan fingerprint density at radius 3 is 2.97 bits per heavy atom. The number of halogens is 2. The smallest absolute Gasteiger partial charge is 0.237 e. The van der Waals surface area contributed by atoms with E-state index in [0.29, 0.717) is 30.5 Å². The quantitative estimate of drug-likeness (QED) is 0.613. The lowest BCUT2D eigenvalue weighted by Gasteiger charge is -2.35. The number of piperazine rings is 1. The number of carbonyl (C=O) groups is 2. The van der Waals surface area contributed by atoms with Crippen LogP contribution in [0.15, 0.2) is 42.5 Å². The van der Waals surface area contributed by atoms with E-state index in [1.54, 1.807) is 30.1 Å². The fraction of sp³-hybridized carbons (Fsp3) is 0.318. The number of H-pyrrole nitrogens is 1. The summed E-state index contributed by atoms with van der Waals surface area (Å²) in [6.45, 7) is 1.77. The second-order valence-electron chi connectivity index (χ2n) is 7.71. The van der Waals surface area contributed by atoms with Crippen LogP contribution in [0.3, 0.4) is 0 Å². The molecule has 0 radical (unpaired) electrons. The number of amides is 2. The number of hydrogen-bond donors (Lipinski definition) is 2. The first-order chi connectivity index (χ1) is 14.9. The van der Waals surface area contributed by atoms with E-state index in [1.165, 1.54) is 12.1 Å². The predicted octanol–water partition coefficient (Wildman–Crippen LogP) is 2.70. The second-order valence-corrected chi connectivity index (χ2v) is 8.14. The van der Waals surface area contributed by atoms with Gasteiger partial charge in [-0.3, -0.25) is 14.5 Å². The first-order valence-corrected chi connectivity index (χ1v) is 10.4. The van der Waals surface area contributed by atoms with Gasteiger partial charge in [-0.05, 0) is 35.9 Å². The van der Waals surface area contributed by atoms with Crippen LogP contribution < -0.4 is 5.32 Å². The Bertz CT molecular complexity index is 1120. The van der Waals surface area contributed by atoms with E-state index >= 15 is 0 Å². The summed E-state index contributed by atoms with van der Waals surface area (Å²) in [5.41, 5.74) is 2.34. The van der Waals surface area contributed by atoms with Crippen molar-refractivity contribution in [2.75, 3.05) is 20.1 Å². The van der Waals surface area contributed by atoms with E-state index in [1.807, 2.05) is 17.0 Å². The van der Waals surface area contributed by atoms with Crippen LogP contribution in [0.4, 0.5) is 4.39 Å². The Morgan fingerprint density at radius 1 is 1.32 bits per heavy atom.